The lowest BCUT2D eigenvalue weighted by atomic mass is 9.73. The van der Waals surface area contributed by atoms with Crippen LogP contribution in [-0.4, -0.2) is 57.6 Å². The molecule has 3 N–H and O–H groups in total. The topological polar surface area (TPSA) is 39.5 Å². The molecular weight excluding hydrogens is 276 g/mol. The number of nitrogens with two attached hydrogens (primary N) is 1. The summed E-state index contributed by atoms with van der Waals surface area (Å²) >= 11 is 0. The van der Waals surface area contributed by atoms with Crippen molar-refractivity contribution in [3.05, 3.63) is 0 Å². The SMILES string of the molecule is CC1(C)C[C@@](C[NH2+]C[C@@H]2CCCO2)(C[NH+]2CCCC2)CCO1. The third-order valence-corrected chi connectivity index (χ3v) is 5.89. The van der Waals surface area contributed by atoms with Crippen molar-refractivity contribution in [2.45, 2.75) is 64.1 Å². The van der Waals surface area contributed by atoms with E-state index in [1.54, 1.807) is 0 Å². The summed E-state index contributed by atoms with van der Waals surface area (Å²) in [7, 11) is 0. The van der Waals surface area contributed by atoms with Crippen LogP contribution in [0.25, 0.3) is 0 Å². The summed E-state index contributed by atoms with van der Waals surface area (Å²) in [6.45, 7) is 13.0. The second kappa shape index (κ2) is 7.16. The molecule has 3 aliphatic rings. The predicted octanol–water partition coefficient (Wildman–Crippen LogP) is -0.0171. The number of hydrogen-bond donors (Lipinski definition) is 2. The van der Waals surface area contributed by atoms with E-state index in [9.17, 15) is 0 Å². The van der Waals surface area contributed by atoms with E-state index in [0.29, 0.717) is 11.5 Å². The van der Waals surface area contributed by atoms with Crippen LogP contribution in [-0.2, 0) is 9.47 Å². The molecule has 4 heteroatoms. The van der Waals surface area contributed by atoms with Crippen LogP contribution in [0.3, 0.4) is 0 Å². The summed E-state index contributed by atoms with van der Waals surface area (Å²) in [5.74, 6) is 0. The van der Waals surface area contributed by atoms with Gasteiger partial charge in [0, 0.05) is 26.1 Å². The lowest BCUT2D eigenvalue weighted by Crippen LogP contribution is -3.12. The van der Waals surface area contributed by atoms with Crippen LogP contribution >= 0.6 is 0 Å². The Bertz CT molecular complexity index is 349. The Hall–Kier alpha value is -0.160. The van der Waals surface area contributed by atoms with Crippen LogP contribution < -0.4 is 10.2 Å². The fraction of sp³-hybridized carbons (Fsp3) is 1.00. The summed E-state index contributed by atoms with van der Waals surface area (Å²) in [4.78, 5) is 1.84. The Kier molecular flexibility index (Phi) is 5.43. The maximum absolute atomic E-state index is 6.02. The van der Waals surface area contributed by atoms with Crippen LogP contribution in [0.2, 0.25) is 0 Å². The van der Waals surface area contributed by atoms with Gasteiger partial charge in [-0.1, -0.05) is 0 Å². The summed E-state index contributed by atoms with van der Waals surface area (Å²) in [5, 5.41) is 2.55. The second-order valence-corrected chi connectivity index (χ2v) is 8.53. The van der Waals surface area contributed by atoms with Crippen molar-refractivity contribution in [1.29, 1.82) is 0 Å². The Morgan fingerprint density at radius 1 is 1.14 bits per heavy atom. The van der Waals surface area contributed by atoms with Gasteiger partial charge in [0.15, 0.2) is 0 Å². The highest BCUT2D eigenvalue weighted by atomic mass is 16.5. The van der Waals surface area contributed by atoms with E-state index in [2.05, 4.69) is 19.2 Å². The minimum atomic E-state index is 0.0507. The average molecular weight is 312 g/mol. The molecule has 2 atom stereocenters. The van der Waals surface area contributed by atoms with E-state index in [1.165, 1.54) is 64.7 Å². The third kappa shape index (κ3) is 4.44. The molecule has 0 saturated carbocycles. The first kappa shape index (κ1) is 16.7. The fourth-order valence-electron chi connectivity index (χ4n) is 4.97. The molecule has 0 aromatic rings. The minimum Gasteiger partial charge on any atom is -0.376 e. The van der Waals surface area contributed by atoms with Crippen LogP contribution in [0.5, 0.6) is 0 Å². The molecule has 3 aliphatic heterocycles. The van der Waals surface area contributed by atoms with Crippen molar-refractivity contribution in [3.63, 3.8) is 0 Å². The molecule has 0 bridgehead atoms. The Labute approximate surface area is 135 Å². The standard InChI is InChI=1S/C18H34N2O2/c1-17(2)13-18(7-11-22-17,15-20-8-3-4-9-20)14-19-12-16-6-5-10-21-16/h16,19H,3-15H2,1-2H3/p+2/t16-,18-/m0/s1. The van der Waals surface area contributed by atoms with Gasteiger partial charge >= 0.3 is 0 Å². The van der Waals surface area contributed by atoms with Crippen LogP contribution in [0, 0.1) is 5.41 Å². The second-order valence-electron chi connectivity index (χ2n) is 8.53. The molecule has 22 heavy (non-hydrogen) atoms. The number of rotatable bonds is 6. The van der Waals surface area contributed by atoms with E-state index in [-0.39, 0.29) is 5.60 Å². The van der Waals surface area contributed by atoms with Gasteiger partial charge in [-0.25, -0.2) is 0 Å². The summed E-state index contributed by atoms with van der Waals surface area (Å²) in [6, 6.07) is 0. The fourth-order valence-corrected chi connectivity index (χ4v) is 4.97. The molecule has 3 heterocycles. The molecule has 0 amide bonds. The molecule has 0 radical (unpaired) electrons. The lowest BCUT2D eigenvalue weighted by Gasteiger charge is -2.44. The van der Waals surface area contributed by atoms with Crippen molar-refractivity contribution in [2.24, 2.45) is 5.41 Å². The van der Waals surface area contributed by atoms with E-state index in [0.717, 1.165) is 19.8 Å². The van der Waals surface area contributed by atoms with Crippen molar-refractivity contribution in [2.75, 3.05) is 45.9 Å². The number of nitrogens with one attached hydrogen (secondary N) is 1. The van der Waals surface area contributed by atoms with Gasteiger partial charge in [0.05, 0.1) is 37.2 Å². The highest BCUT2D eigenvalue weighted by molar-refractivity contribution is 4.89. The predicted molar refractivity (Wildman–Crippen MR) is 87.1 cm³/mol. The minimum absolute atomic E-state index is 0.0507. The van der Waals surface area contributed by atoms with Gasteiger partial charge in [0.25, 0.3) is 0 Å². The molecule has 128 valence electrons. The Balaban J connectivity index is 1.57. The lowest BCUT2D eigenvalue weighted by molar-refractivity contribution is -0.897. The molecule has 0 aromatic carbocycles. The quantitative estimate of drug-likeness (QED) is 0.724. The zero-order valence-electron chi connectivity index (χ0n) is 14.7. The van der Waals surface area contributed by atoms with Crippen molar-refractivity contribution < 1.29 is 19.7 Å². The molecule has 0 aromatic heterocycles. The van der Waals surface area contributed by atoms with Gasteiger partial charge in [-0.2, -0.15) is 0 Å². The van der Waals surface area contributed by atoms with E-state index in [1.807, 2.05) is 4.90 Å². The first-order valence-electron chi connectivity index (χ1n) is 9.48. The average Bonchev–Trinajstić information content (AvgIpc) is 3.11. The van der Waals surface area contributed by atoms with Gasteiger partial charge in [-0.15, -0.1) is 0 Å². The molecule has 0 unspecified atom stereocenters. The normalized spacial score (nSPS) is 36.0. The smallest absolute Gasteiger partial charge is 0.106 e. The van der Waals surface area contributed by atoms with Gasteiger partial charge in [0.2, 0.25) is 0 Å². The number of ether oxygens (including phenoxy) is 2. The maximum Gasteiger partial charge on any atom is 0.106 e. The van der Waals surface area contributed by atoms with Gasteiger partial charge in [-0.3, -0.25) is 0 Å². The van der Waals surface area contributed by atoms with Crippen molar-refractivity contribution in [1.82, 2.24) is 0 Å². The highest BCUT2D eigenvalue weighted by Gasteiger charge is 2.45. The zero-order chi connectivity index (χ0) is 15.5. The molecule has 0 spiro atoms. The molecule has 3 saturated heterocycles. The maximum atomic E-state index is 6.02. The highest BCUT2D eigenvalue weighted by Crippen LogP contribution is 2.37. The number of likely N-dealkylation sites (tertiary alicyclic amines) is 1. The largest absolute Gasteiger partial charge is 0.376 e. The number of quaternary nitrogens is 2. The summed E-state index contributed by atoms with van der Waals surface area (Å²) in [5.41, 5.74) is 0.509. The first-order chi connectivity index (χ1) is 10.6. The van der Waals surface area contributed by atoms with E-state index in [4.69, 9.17) is 9.47 Å². The molecule has 4 nitrogen and oxygen atoms in total. The van der Waals surface area contributed by atoms with Crippen LogP contribution in [0.15, 0.2) is 0 Å². The molecule has 0 aliphatic carbocycles. The monoisotopic (exact) mass is 312 g/mol. The summed E-state index contributed by atoms with van der Waals surface area (Å²) < 4.78 is 11.8. The van der Waals surface area contributed by atoms with E-state index >= 15 is 0 Å². The van der Waals surface area contributed by atoms with E-state index < -0.39 is 0 Å². The Morgan fingerprint density at radius 2 is 1.95 bits per heavy atom. The zero-order valence-corrected chi connectivity index (χ0v) is 14.7. The van der Waals surface area contributed by atoms with Crippen LogP contribution in [0.1, 0.15) is 52.4 Å². The Morgan fingerprint density at radius 3 is 2.64 bits per heavy atom. The first-order valence-corrected chi connectivity index (χ1v) is 9.48. The number of hydrogen-bond acceptors (Lipinski definition) is 2. The van der Waals surface area contributed by atoms with Crippen LogP contribution in [0.4, 0.5) is 0 Å². The van der Waals surface area contributed by atoms with Gasteiger partial charge in [0.1, 0.15) is 12.6 Å². The summed E-state index contributed by atoms with van der Waals surface area (Å²) in [6.07, 6.45) is 8.31. The van der Waals surface area contributed by atoms with Gasteiger partial charge in [-0.05, 0) is 39.5 Å². The molecule has 3 fully saturated rings. The molecule has 3 rings (SSSR count). The van der Waals surface area contributed by atoms with Crippen molar-refractivity contribution in [3.8, 4) is 0 Å². The molecular formula is C18H36N2O2+2. The van der Waals surface area contributed by atoms with Gasteiger partial charge < -0.3 is 19.7 Å². The third-order valence-electron chi connectivity index (χ3n) is 5.89. The van der Waals surface area contributed by atoms with Crippen molar-refractivity contribution >= 4 is 0 Å².